The van der Waals surface area contributed by atoms with E-state index in [1.54, 1.807) is 21.3 Å². The molecule has 0 atom stereocenters. The highest BCUT2D eigenvalue weighted by atomic mass is 127. The Morgan fingerprint density at radius 2 is 1.95 bits per heavy atom. The largest absolute Gasteiger partial charge is 0.467 e. The molecule has 0 aliphatic carbocycles. The van der Waals surface area contributed by atoms with Crippen LogP contribution in [0.3, 0.4) is 0 Å². The van der Waals surface area contributed by atoms with E-state index in [9.17, 15) is 4.79 Å². The quantitative estimate of drug-likeness (QED) is 0.596. The zero-order chi connectivity index (χ0) is 13.5. The average Bonchev–Trinajstić information content (AvgIpc) is 2.92. The van der Waals surface area contributed by atoms with E-state index in [1.165, 1.54) is 0 Å². The first kappa shape index (κ1) is 13.9. The molecule has 19 heavy (non-hydrogen) atoms. The van der Waals surface area contributed by atoms with Gasteiger partial charge in [-0.05, 0) is 21.8 Å². The Morgan fingerprint density at radius 1 is 1.16 bits per heavy atom. The first-order valence-electron chi connectivity index (χ1n) is 5.91. The molecule has 2 aromatic rings. The third-order valence-corrected chi connectivity index (χ3v) is 3.02. The summed E-state index contributed by atoms with van der Waals surface area (Å²) in [6.45, 7) is 1.04. The van der Waals surface area contributed by atoms with E-state index in [-0.39, 0.29) is 5.91 Å². The summed E-state index contributed by atoms with van der Waals surface area (Å²) in [5.74, 6) is 0.765. The number of nitrogens with zero attached hydrogens (tertiary/aromatic N) is 1. The molecule has 1 heterocycles. The zero-order valence-corrected chi connectivity index (χ0v) is 12.5. The van der Waals surface area contributed by atoms with Crippen molar-refractivity contribution < 1.29 is 9.21 Å². The van der Waals surface area contributed by atoms with Gasteiger partial charge in [0.15, 0.2) is 0 Å². The molecule has 4 heteroatoms. The SMILES string of the molecule is O=C(/C=C\I)N(Cc1ccccc1)Cc1ccco1. The number of rotatable bonds is 5. The van der Waals surface area contributed by atoms with Crippen molar-refractivity contribution in [1.29, 1.82) is 0 Å². The highest BCUT2D eigenvalue weighted by molar-refractivity contribution is 14.1. The van der Waals surface area contributed by atoms with Crippen molar-refractivity contribution >= 4 is 28.5 Å². The molecule has 1 aromatic carbocycles. The second-order valence-electron chi connectivity index (χ2n) is 4.05. The number of carbonyl (C=O) groups is 1. The summed E-state index contributed by atoms with van der Waals surface area (Å²) < 4.78 is 7.03. The maximum Gasteiger partial charge on any atom is 0.247 e. The van der Waals surface area contributed by atoms with Crippen molar-refractivity contribution in [3.8, 4) is 0 Å². The molecule has 1 aromatic heterocycles. The fraction of sp³-hybridized carbons (Fsp3) is 0.133. The predicted molar refractivity (Wildman–Crippen MR) is 82.6 cm³/mol. The first-order chi connectivity index (χ1) is 9.29. The number of furan rings is 1. The molecule has 0 N–H and O–H groups in total. The third-order valence-electron chi connectivity index (χ3n) is 2.66. The molecule has 0 radical (unpaired) electrons. The first-order valence-corrected chi connectivity index (χ1v) is 7.16. The summed E-state index contributed by atoms with van der Waals surface area (Å²) in [6, 6.07) is 13.6. The maximum atomic E-state index is 12.1. The molecule has 0 saturated carbocycles. The number of carbonyl (C=O) groups excluding carboxylic acids is 1. The van der Waals surface area contributed by atoms with Gasteiger partial charge in [0.05, 0.1) is 12.8 Å². The Labute approximate surface area is 126 Å². The second-order valence-corrected chi connectivity index (χ2v) is 4.77. The number of amides is 1. The number of benzene rings is 1. The van der Waals surface area contributed by atoms with Gasteiger partial charge in [0.25, 0.3) is 0 Å². The molecule has 0 spiro atoms. The van der Waals surface area contributed by atoms with Crippen molar-refractivity contribution in [1.82, 2.24) is 4.90 Å². The molecule has 3 nitrogen and oxygen atoms in total. The second kappa shape index (κ2) is 7.13. The lowest BCUT2D eigenvalue weighted by molar-refractivity contribution is -0.127. The van der Waals surface area contributed by atoms with Crippen molar-refractivity contribution in [2.75, 3.05) is 0 Å². The predicted octanol–water partition coefficient (Wildman–Crippen LogP) is 3.76. The van der Waals surface area contributed by atoms with Crippen molar-refractivity contribution in [2.45, 2.75) is 13.1 Å². The van der Waals surface area contributed by atoms with Crippen LogP contribution in [0.4, 0.5) is 0 Å². The summed E-state index contributed by atoms with van der Waals surface area (Å²) in [5, 5.41) is 0. The van der Waals surface area contributed by atoms with Gasteiger partial charge >= 0.3 is 0 Å². The van der Waals surface area contributed by atoms with E-state index in [4.69, 9.17) is 4.42 Å². The molecule has 2 rings (SSSR count). The lowest BCUT2D eigenvalue weighted by Crippen LogP contribution is -2.28. The van der Waals surface area contributed by atoms with Crippen molar-refractivity contribution in [3.05, 3.63) is 70.2 Å². The van der Waals surface area contributed by atoms with Gasteiger partial charge in [0.2, 0.25) is 5.91 Å². The minimum atomic E-state index is -0.0188. The molecular formula is C15H14INO2. The average molecular weight is 367 g/mol. The van der Waals surface area contributed by atoms with Crippen LogP contribution < -0.4 is 0 Å². The molecule has 0 aliphatic heterocycles. The van der Waals surface area contributed by atoms with E-state index in [0.29, 0.717) is 13.1 Å². The van der Waals surface area contributed by atoms with Crippen LogP contribution in [-0.2, 0) is 17.9 Å². The number of hydrogen-bond acceptors (Lipinski definition) is 2. The number of hydrogen-bond donors (Lipinski definition) is 0. The van der Waals surface area contributed by atoms with Gasteiger partial charge in [0.1, 0.15) is 5.76 Å². The van der Waals surface area contributed by atoms with Gasteiger partial charge in [0, 0.05) is 12.6 Å². The fourth-order valence-corrected chi connectivity index (χ4v) is 2.07. The summed E-state index contributed by atoms with van der Waals surface area (Å²) >= 11 is 2.05. The summed E-state index contributed by atoms with van der Waals surface area (Å²) in [6.07, 6.45) is 3.18. The molecule has 0 fully saturated rings. The number of halogens is 1. The minimum absolute atomic E-state index is 0.0188. The van der Waals surface area contributed by atoms with E-state index >= 15 is 0 Å². The lowest BCUT2D eigenvalue weighted by atomic mass is 10.2. The summed E-state index contributed by atoms with van der Waals surface area (Å²) in [5.41, 5.74) is 1.10. The van der Waals surface area contributed by atoms with Crippen molar-refractivity contribution in [2.24, 2.45) is 0 Å². The Bertz CT molecular complexity index is 535. The van der Waals surface area contributed by atoms with E-state index in [1.807, 2.05) is 65.1 Å². The van der Waals surface area contributed by atoms with Gasteiger partial charge in [-0.25, -0.2) is 0 Å². The van der Waals surface area contributed by atoms with Crippen LogP contribution in [0, 0.1) is 0 Å². The van der Waals surface area contributed by atoms with Crippen LogP contribution in [0.5, 0.6) is 0 Å². The van der Waals surface area contributed by atoms with Gasteiger partial charge in [-0.1, -0.05) is 52.9 Å². The van der Waals surface area contributed by atoms with Gasteiger partial charge in [-0.3, -0.25) is 4.79 Å². The minimum Gasteiger partial charge on any atom is -0.467 e. The maximum absolute atomic E-state index is 12.1. The van der Waals surface area contributed by atoms with Crippen LogP contribution in [-0.4, -0.2) is 10.8 Å². The highest BCUT2D eigenvalue weighted by Crippen LogP contribution is 2.11. The highest BCUT2D eigenvalue weighted by Gasteiger charge is 2.13. The van der Waals surface area contributed by atoms with E-state index in [2.05, 4.69) is 0 Å². The van der Waals surface area contributed by atoms with Gasteiger partial charge in [-0.2, -0.15) is 0 Å². The van der Waals surface area contributed by atoms with Gasteiger partial charge in [-0.15, -0.1) is 0 Å². The van der Waals surface area contributed by atoms with Crippen LogP contribution in [0.2, 0.25) is 0 Å². The Balaban J connectivity index is 2.12. The molecule has 98 valence electrons. The van der Waals surface area contributed by atoms with Crippen LogP contribution >= 0.6 is 22.6 Å². The van der Waals surface area contributed by atoms with Crippen molar-refractivity contribution in [3.63, 3.8) is 0 Å². The van der Waals surface area contributed by atoms with Crippen LogP contribution in [0.15, 0.2) is 63.3 Å². The van der Waals surface area contributed by atoms with E-state index in [0.717, 1.165) is 11.3 Å². The zero-order valence-electron chi connectivity index (χ0n) is 10.3. The topological polar surface area (TPSA) is 33.5 Å². The Morgan fingerprint density at radius 3 is 2.58 bits per heavy atom. The summed E-state index contributed by atoms with van der Waals surface area (Å²) in [7, 11) is 0. The summed E-state index contributed by atoms with van der Waals surface area (Å²) in [4.78, 5) is 13.8. The lowest BCUT2D eigenvalue weighted by Gasteiger charge is -2.20. The molecular weight excluding hydrogens is 353 g/mol. The molecule has 0 unspecified atom stereocenters. The van der Waals surface area contributed by atoms with Gasteiger partial charge < -0.3 is 9.32 Å². The molecule has 0 aliphatic rings. The Kier molecular flexibility index (Phi) is 5.20. The van der Waals surface area contributed by atoms with E-state index < -0.39 is 0 Å². The smallest absolute Gasteiger partial charge is 0.247 e. The van der Waals surface area contributed by atoms with Crippen LogP contribution in [0.25, 0.3) is 0 Å². The molecule has 1 amide bonds. The Hall–Kier alpha value is -1.56. The fourth-order valence-electron chi connectivity index (χ4n) is 1.77. The standard InChI is InChI=1S/C15H14INO2/c16-9-8-15(18)17(12-14-7-4-10-19-14)11-13-5-2-1-3-6-13/h1-10H,11-12H2/b9-8-. The normalized spacial score (nSPS) is 10.8. The monoisotopic (exact) mass is 367 g/mol. The van der Waals surface area contributed by atoms with Crippen LogP contribution in [0.1, 0.15) is 11.3 Å². The third kappa shape index (κ3) is 4.24. The molecule has 0 bridgehead atoms. The molecule has 0 saturated heterocycles.